The molecule has 0 radical (unpaired) electrons. The Bertz CT molecular complexity index is 1220. The first-order valence-corrected chi connectivity index (χ1v) is 11.5. The van der Waals surface area contributed by atoms with Crippen LogP contribution in [0.25, 0.3) is 0 Å². The van der Waals surface area contributed by atoms with E-state index in [1.54, 1.807) is 35.9 Å². The van der Waals surface area contributed by atoms with Crippen molar-refractivity contribution in [2.45, 2.75) is 37.7 Å². The predicted octanol–water partition coefficient (Wildman–Crippen LogP) is 4.43. The predicted molar refractivity (Wildman–Crippen MR) is 125 cm³/mol. The van der Waals surface area contributed by atoms with Gasteiger partial charge in [0.2, 0.25) is 11.1 Å². The van der Waals surface area contributed by atoms with E-state index in [1.165, 1.54) is 11.8 Å². The Hall–Kier alpha value is -3.59. The third-order valence-electron chi connectivity index (χ3n) is 5.29. The minimum absolute atomic E-state index is 0.248. The lowest BCUT2D eigenvalue weighted by Crippen LogP contribution is -2.29. The molecule has 1 aliphatic rings. The van der Waals surface area contributed by atoms with Crippen LogP contribution >= 0.6 is 11.8 Å². The van der Waals surface area contributed by atoms with E-state index >= 15 is 0 Å². The Balaban J connectivity index is 1.63. The van der Waals surface area contributed by atoms with Crippen molar-refractivity contribution in [2.24, 2.45) is 0 Å². The molecule has 2 heterocycles. The number of benzene rings is 2. The van der Waals surface area contributed by atoms with E-state index in [0.29, 0.717) is 28.1 Å². The van der Waals surface area contributed by atoms with Crippen LogP contribution in [0.1, 0.15) is 46.9 Å². The number of anilines is 1. The van der Waals surface area contributed by atoms with Crippen molar-refractivity contribution in [2.75, 3.05) is 11.9 Å². The number of ether oxygens (including phenoxy) is 1. The molecule has 170 valence electrons. The van der Waals surface area contributed by atoms with E-state index < -0.39 is 12.0 Å². The third kappa shape index (κ3) is 4.78. The maximum absolute atomic E-state index is 12.8. The van der Waals surface area contributed by atoms with Crippen molar-refractivity contribution >= 4 is 29.6 Å². The van der Waals surface area contributed by atoms with Crippen molar-refractivity contribution in [3.63, 3.8) is 0 Å². The van der Waals surface area contributed by atoms with E-state index in [-0.39, 0.29) is 18.1 Å². The number of aryl methyl sites for hydroxylation is 1. The summed E-state index contributed by atoms with van der Waals surface area (Å²) in [5.74, 6) is -0.210. The topological polar surface area (TPSA) is 106 Å². The van der Waals surface area contributed by atoms with Crippen molar-refractivity contribution < 1.29 is 19.4 Å². The number of carboxylic acid groups (broad SMARTS) is 1. The molecule has 0 bridgehead atoms. The molecular formula is C24H24N4O4S. The molecule has 9 heteroatoms. The molecule has 8 nitrogen and oxygen atoms in total. The lowest BCUT2D eigenvalue weighted by molar-refractivity contribution is -0.139. The second-order valence-corrected chi connectivity index (χ2v) is 8.59. The Morgan fingerprint density at radius 3 is 2.45 bits per heavy atom. The second kappa shape index (κ2) is 9.50. The first-order valence-electron chi connectivity index (χ1n) is 10.5. The number of allylic oxidation sites excluding steroid dienone is 1. The molecule has 0 aliphatic carbocycles. The summed E-state index contributed by atoms with van der Waals surface area (Å²) in [6.07, 6.45) is 0. The normalized spacial score (nSPS) is 15.1. The van der Waals surface area contributed by atoms with Crippen molar-refractivity contribution in [3.8, 4) is 0 Å². The zero-order valence-electron chi connectivity index (χ0n) is 18.5. The lowest BCUT2D eigenvalue weighted by Gasteiger charge is -2.28. The van der Waals surface area contributed by atoms with Gasteiger partial charge in [-0.2, -0.15) is 4.98 Å². The van der Waals surface area contributed by atoms with Crippen molar-refractivity contribution in [1.29, 1.82) is 0 Å². The van der Waals surface area contributed by atoms with E-state index in [4.69, 9.17) is 9.84 Å². The number of carbonyl (C=O) groups is 2. The van der Waals surface area contributed by atoms with Crippen LogP contribution in [-0.2, 0) is 15.3 Å². The molecule has 3 aromatic rings. The Kier molecular flexibility index (Phi) is 6.50. The molecule has 33 heavy (non-hydrogen) atoms. The number of aromatic carboxylic acids is 1. The van der Waals surface area contributed by atoms with E-state index in [0.717, 1.165) is 16.7 Å². The number of hydrogen-bond acceptors (Lipinski definition) is 7. The fourth-order valence-corrected chi connectivity index (χ4v) is 4.40. The van der Waals surface area contributed by atoms with Gasteiger partial charge in [-0.3, -0.25) is 0 Å². The molecule has 2 aromatic carbocycles. The van der Waals surface area contributed by atoms with Gasteiger partial charge in [0.1, 0.15) is 6.04 Å². The number of fused-ring (bicyclic) bond motifs is 1. The molecule has 1 aromatic heterocycles. The van der Waals surface area contributed by atoms with Crippen LogP contribution in [0.3, 0.4) is 0 Å². The number of thioether (sulfide) groups is 1. The number of nitrogens with zero attached hydrogens (tertiary/aromatic N) is 3. The van der Waals surface area contributed by atoms with E-state index in [1.807, 2.05) is 38.1 Å². The van der Waals surface area contributed by atoms with E-state index in [9.17, 15) is 9.59 Å². The maximum atomic E-state index is 12.8. The summed E-state index contributed by atoms with van der Waals surface area (Å²) in [7, 11) is 0. The maximum Gasteiger partial charge on any atom is 0.338 e. The molecule has 1 atom stereocenters. The zero-order valence-corrected chi connectivity index (χ0v) is 19.3. The highest BCUT2D eigenvalue weighted by atomic mass is 32.2. The number of esters is 1. The Morgan fingerprint density at radius 1 is 1.12 bits per heavy atom. The lowest BCUT2D eigenvalue weighted by atomic mass is 9.95. The summed E-state index contributed by atoms with van der Waals surface area (Å²) < 4.78 is 7.06. The number of rotatable bonds is 7. The average Bonchev–Trinajstić information content (AvgIpc) is 3.20. The van der Waals surface area contributed by atoms with Gasteiger partial charge in [0.05, 0.1) is 17.7 Å². The Labute approximate surface area is 195 Å². The third-order valence-corrected chi connectivity index (χ3v) is 6.20. The standard InChI is InChI=1S/C24H24N4O4S/c1-4-32-22(31)19-15(3)25-23-26-24(33-13-16-7-11-18(12-8-16)21(29)30)27-28(23)20(19)17-9-5-14(2)6-10-17/h5-12,20H,4,13H2,1-3H3,(H,29,30)(H,25,26,27)/t20-/m0/s1. The number of carboxylic acids is 1. The summed E-state index contributed by atoms with van der Waals surface area (Å²) in [4.78, 5) is 28.5. The minimum atomic E-state index is -0.953. The van der Waals surface area contributed by atoms with Crippen LogP contribution in [0.4, 0.5) is 5.95 Å². The van der Waals surface area contributed by atoms with Gasteiger partial charge in [0.25, 0.3) is 0 Å². The molecule has 1 aliphatic heterocycles. The molecule has 0 saturated heterocycles. The molecule has 2 N–H and O–H groups in total. The van der Waals surface area contributed by atoms with Gasteiger partial charge in [-0.1, -0.05) is 53.7 Å². The molecule has 0 fully saturated rings. The first kappa shape index (κ1) is 22.6. The van der Waals surface area contributed by atoms with Gasteiger partial charge in [0, 0.05) is 11.4 Å². The van der Waals surface area contributed by atoms with Gasteiger partial charge >= 0.3 is 11.9 Å². The molecule has 0 spiro atoms. The summed E-state index contributed by atoms with van der Waals surface area (Å²) in [6, 6.07) is 14.2. The summed E-state index contributed by atoms with van der Waals surface area (Å²) in [5, 5.41) is 17.5. The van der Waals surface area contributed by atoms with Gasteiger partial charge in [-0.25, -0.2) is 14.3 Å². The average molecular weight is 465 g/mol. The van der Waals surface area contributed by atoms with Gasteiger partial charge in [0.15, 0.2) is 0 Å². The largest absolute Gasteiger partial charge is 0.478 e. The smallest absolute Gasteiger partial charge is 0.338 e. The van der Waals surface area contributed by atoms with Crippen LogP contribution in [0.5, 0.6) is 0 Å². The highest BCUT2D eigenvalue weighted by Gasteiger charge is 2.35. The first-order chi connectivity index (χ1) is 15.9. The van der Waals surface area contributed by atoms with E-state index in [2.05, 4.69) is 15.4 Å². The fraction of sp³-hybridized carbons (Fsp3) is 0.250. The highest BCUT2D eigenvalue weighted by molar-refractivity contribution is 7.98. The molecule has 4 rings (SSSR count). The minimum Gasteiger partial charge on any atom is -0.478 e. The van der Waals surface area contributed by atoms with Crippen molar-refractivity contribution in [1.82, 2.24) is 14.8 Å². The zero-order chi connectivity index (χ0) is 23.5. The number of carbonyl (C=O) groups excluding carboxylic acids is 1. The second-order valence-electron chi connectivity index (χ2n) is 7.65. The molecule has 0 saturated carbocycles. The van der Waals surface area contributed by atoms with Gasteiger partial charge in [-0.15, -0.1) is 5.10 Å². The number of nitrogens with one attached hydrogen (secondary N) is 1. The number of aromatic nitrogens is 3. The molecule has 0 amide bonds. The van der Waals surface area contributed by atoms with Crippen LogP contribution in [0, 0.1) is 6.92 Å². The fourth-order valence-electron chi connectivity index (χ4n) is 3.61. The summed E-state index contributed by atoms with van der Waals surface area (Å²) in [5.41, 5.74) is 4.42. The Morgan fingerprint density at radius 2 is 1.82 bits per heavy atom. The van der Waals surface area contributed by atoms with Gasteiger partial charge in [-0.05, 0) is 44.0 Å². The molecule has 0 unspecified atom stereocenters. The number of hydrogen-bond donors (Lipinski definition) is 2. The quantitative estimate of drug-likeness (QED) is 0.391. The monoisotopic (exact) mass is 464 g/mol. The van der Waals surface area contributed by atoms with Crippen LogP contribution in [0.15, 0.2) is 65.0 Å². The van der Waals surface area contributed by atoms with Crippen LogP contribution in [-0.4, -0.2) is 38.4 Å². The summed E-state index contributed by atoms with van der Waals surface area (Å²) in [6.45, 7) is 5.91. The molecular weight excluding hydrogens is 440 g/mol. The van der Waals surface area contributed by atoms with Crippen LogP contribution < -0.4 is 5.32 Å². The van der Waals surface area contributed by atoms with Crippen LogP contribution in [0.2, 0.25) is 0 Å². The SMILES string of the molecule is CCOC(=O)C1=C(C)Nc2nc(SCc3ccc(C(=O)O)cc3)nn2[C@H]1c1ccc(C)cc1. The highest BCUT2D eigenvalue weighted by Crippen LogP contribution is 2.37. The van der Waals surface area contributed by atoms with Crippen molar-refractivity contribution in [3.05, 3.63) is 82.1 Å². The van der Waals surface area contributed by atoms with Gasteiger partial charge < -0.3 is 15.2 Å². The summed E-state index contributed by atoms with van der Waals surface area (Å²) >= 11 is 1.44.